The molecule has 174 valence electrons. The van der Waals surface area contributed by atoms with Crippen LogP contribution in [0.2, 0.25) is 0 Å². The number of ether oxygens (including phenoxy) is 2. The van der Waals surface area contributed by atoms with Crippen LogP contribution < -0.4 is 10.1 Å². The van der Waals surface area contributed by atoms with Crippen LogP contribution >= 0.6 is 23.5 Å². The molecule has 2 saturated carbocycles. The Morgan fingerprint density at radius 3 is 2.47 bits per heavy atom. The minimum atomic E-state index is -1.02. The molecule has 1 amide bonds. The Labute approximate surface area is 195 Å². The summed E-state index contributed by atoms with van der Waals surface area (Å²) < 4.78 is 11.0. The molecule has 0 radical (unpaired) electrons. The molecule has 8 nitrogen and oxygen atoms in total. The third-order valence-electron chi connectivity index (χ3n) is 6.77. The van der Waals surface area contributed by atoms with Crippen molar-refractivity contribution in [3.8, 4) is 5.75 Å². The minimum Gasteiger partial charge on any atom is -0.495 e. The third-order valence-corrected chi connectivity index (χ3v) is 10.8. The monoisotopic (exact) mass is 480 g/mol. The molecule has 4 atom stereocenters. The topological polar surface area (TPSA) is 108 Å². The van der Waals surface area contributed by atoms with E-state index in [2.05, 4.69) is 28.8 Å². The summed E-state index contributed by atoms with van der Waals surface area (Å²) in [4.78, 5) is 36.1. The number of methoxy groups -OCH3 is 1. The van der Waals surface area contributed by atoms with Crippen LogP contribution in [0.1, 0.15) is 39.0 Å². The lowest BCUT2D eigenvalue weighted by molar-refractivity contribution is -0.384. The van der Waals surface area contributed by atoms with Gasteiger partial charge in [0.05, 0.1) is 27.7 Å². The Kier molecular flexibility index (Phi) is 6.90. The van der Waals surface area contributed by atoms with E-state index in [-0.39, 0.29) is 27.3 Å². The van der Waals surface area contributed by atoms with E-state index < -0.39 is 16.9 Å². The van der Waals surface area contributed by atoms with E-state index in [1.54, 1.807) is 0 Å². The molecule has 1 aromatic carbocycles. The number of carbonyl (C=O) groups excluding carboxylic acids is 2. The summed E-state index contributed by atoms with van der Waals surface area (Å²) in [6.45, 7) is 1.52. The molecular formula is C22H28N2O6S2. The van der Waals surface area contributed by atoms with Crippen molar-refractivity contribution in [3.63, 3.8) is 0 Å². The first-order chi connectivity index (χ1) is 15.3. The maximum atomic E-state index is 12.9. The fourth-order valence-corrected chi connectivity index (χ4v) is 9.20. The number of nitro benzene ring substituents is 1. The molecule has 10 heteroatoms. The number of benzene rings is 1. The number of nitro groups is 1. The highest BCUT2D eigenvalue weighted by molar-refractivity contribution is 8.21. The second kappa shape index (κ2) is 9.51. The van der Waals surface area contributed by atoms with Crippen LogP contribution in [0.15, 0.2) is 18.2 Å². The maximum absolute atomic E-state index is 12.9. The van der Waals surface area contributed by atoms with Gasteiger partial charge in [-0.2, -0.15) is 0 Å². The van der Waals surface area contributed by atoms with Gasteiger partial charge in [-0.05, 0) is 50.5 Å². The molecule has 1 spiro atoms. The fourth-order valence-electron chi connectivity index (χ4n) is 5.27. The number of nitrogens with zero attached hydrogens (tertiary/aromatic N) is 1. The van der Waals surface area contributed by atoms with Gasteiger partial charge in [0.2, 0.25) is 0 Å². The SMILES string of the molecule is COc1ccc([N+](=O)[O-])cc1NC(=O)[C@H](C)OC(=O)C1C[C@H]2CCC[C@@H](C1)C21SCCS1. The van der Waals surface area contributed by atoms with Gasteiger partial charge < -0.3 is 14.8 Å². The van der Waals surface area contributed by atoms with E-state index in [9.17, 15) is 19.7 Å². The summed E-state index contributed by atoms with van der Waals surface area (Å²) in [7, 11) is 1.41. The Morgan fingerprint density at radius 1 is 1.22 bits per heavy atom. The van der Waals surface area contributed by atoms with Crippen molar-refractivity contribution in [2.24, 2.45) is 17.8 Å². The molecule has 1 heterocycles. The van der Waals surface area contributed by atoms with Crippen molar-refractivity contribution >= 4 is 46.8 Å². The largest absolute Gasteiger partial charge is 0.495 e. The van der Waals surface area contributed by atoms with Gasteiger partial charge in [0, 0.05) is 23.6 Å². The van der Waals surface area contributed by atoms with Crippen molar-refractivity contribution < 1.29 is 24.0 Å². The van der Waals surface area contributed by atoms with Gasteiger partial charge in [-0.25, -0.2) is 0 Å². The molecule has 4 rings (SSSR count). The molecule has 32 heavy (non-hydrogen) atoms. The van der Waals surface area contributed by atoms with E-state index >= 15 is 0 Å². The molecule has 1 unspecified atom stereocenters. The second-order valence-electron chi connectivity index (χ2n) is 8.62. The second-order valence-corrected chi connectivity index (χ2v) is 11.6. The number of hydrogen-bond acceptors (Lipinski definition) is 8. The maximum Gasteiger partial charge on any atom is 0.309 e. The standard InChI is InChI=1S/C22H28N2O6S2/c1-13(20(25)23-18-12-17(24(27)28)6-7-19(18)29-2)30-21(26)14-10-15-4-3-5-16(11-14)22(15)31-8-9-32-22/h6-7,12-16H,3-5,8-11H2,1-2H3,(H,23,25)/t13-,14?,15-,16+/m0/s1. The van der Waals surface area contributed by atoms with Crippen LogP contribution in [-0.2, 0) is 14.3 Å². The zero-order valence-electron chi connectivity index (χ0n) is 18.2. The lowest BCUT2D eigenvalue weighted by Gasteiger charge is -2.51. The van der Waals surface area contributed by atoms with Gasteiger partial charge >= 0.3 is 5.97 Å². The summed E-state index contributed by atoms with van der Waals surface area (Å²) >= 11 is 4.17. The number of rotatable bonds is 6. The fraction of sp³-hybridized carbons (Fsp3) is 0.636. The minimum absolute atomic E-state index is 0.166. The predicted octanol–water partition coefficient (Wildman–Crippen LogP) is 4.48. The molecular weight excluding hydrogens is 452 g/mol. The van der Waals surface area contributed by atoms with Gasteiger partial charge in [-0.1, -0.05) is 6.42 Å². The molecule has 2 aliphatic carbocycles. The Morgan fingerprint density at radius 2 is 1.88 bits per heavy atom. The molecule has 2 bridgehead atoms. The van der Waals surface area contributed by atoms with Crippen LogP contribution in [0.4, 0.5) is 11.4 Å². The van der Waals surface area contributed by atoms with Crippen LogP contribution in [-0.4, -0.2) is 45.6 Å². The van der Waals surface area contributed by atoms with Crippen LogP contribution in [0.25, 0.3) is 0 Å². The van der Waals surface area contributed by atoms with E-state index in [4.69, 9.17) is 9.47 Å². The number of nitrogens with one attached hydrogen (secondary N) is 1. The van der Waals surface area contributed by atoms with Gasteiger partial charge in [0.15, 0.2) is 6.10 Å². The van der Waals surface area contributed by atoms with Gasteiger partial charge in [0.1, 0.15) is 5.75 Å². The first-order valence-corrected chi connectivity index (χ1v) is 12.9. The quantitative estimate of drug-likeness (QED) is 0.361. The average Bonchev–Trinajstić information content (AvgIpc) is 3.22. The van der Waals surface area contributed by atoms with E-state index in [1.165, 1.54) is 50.2 Å². The number of esters is 1. The number of carbonyl (C=O) groups is 2. The Hall–Kier alpha value is -1.94. The van der Waals surface area contributed by atoms with Gasteiger partial charge in [-0.15, -0.1) is 23.5 Å². The zero-order valence-corrected chi connectivity index (χ0v) is 19.8. The summed E-state index contributed by atoms with van der Waals surface area (Å²) in [5, 5.41) is 13.6. The molecule has 1 aromatic rings. The van der Waals surface area contributed by atoms with Crippen LogP contribution in [0, 0.1) is 27.9 Å². The molecule has 0 aromatic heterocycles. The highest BCUT2D eigenvalue weighted by Gasteiger charge is 2.55. The number of hydrogen-bond donors (Lipinski definition) is 1. The van der Waals surface area contributed by atoms with E-state index in [0.29, 0.717) is 17.6 Å². The summed E-state index contributed by atoms with van der Waals surface area (Å²) in [6, 6.07) is 3.94. The normalized spacial score (nSPS) is 26.9. The lowest BCUT2D eigenvalue weighted by Crippen LogP contribution is -2.48. The Balaban J connectivity index is 1.38. The van der Waals surface area contributed by atoms with Crippen molar-refractivity contribution in [1.82, 2.24) is 0 Å². The molecule has 1 aliphatic heterocycles. The number of non-ortho nitro benzene ring substituents is 1. The first kappa shape index (κ1) is 23.2. The van der Waals surface area contributed by atoms with Gasteiger partial charge in [-0.3, -0.25) is 19.7 Å². The van der Waals surface area contributed by atoms with Crippen molar-refractivity contribution in [2.45, 2.75) is 49.2 Å². The number of thioether (sulfide) groups is 2. The summed E-state index contributed by atoms with van der Waals surface area (Å²) in [5.74, 6) is 2.65. The zero-order chi connectivity index (χ0) is 22.9. The van der Waals surface area contributed by atoms with Gasteiger partial charge in [0.25, 0.3) is 11.6 Å². The average molecular weight is 481 g/mol. The highest BCUT2D eigenvalue weighted by atomic mass is 32.2. The van der Waals surface area contributed by atoms with E-state index in [0.717, 1.165) is 25.7 Å². The van der Waals surface area contributed by atoms with Crippen molar-refractivity contribution in [1.29, 1.82) is 0 Å². The Bertz CT molecular complexity index is 888. The van der Waals surface area contributed by atoms with Crippen molar-refractivity contribution in [2.75, 3.05) is 23.9 Å². The smallest absolute Gasteiger partial charge is 0.309 e. The van der Waals surface area contributed by atoms with E-state index in [1.807, 2.05) is 0 Å². The predicted molar refractivity (Wildman–Crippen MR) is 125 cm³/mol. The van der Waals surface area contributed by atoms with Crippen molar-refractivity contribution in [3.05, 3.63) is 28.3 Å². The molecule has 1 saturated heterocycles. The first-order valence-electron chi connectivity index (χ1n) is 11.0. The summed E-state index contributed by atoms with van der Waals surface area (Å²) in [6.07, 6.45) is 4.16. The third kappa shape index (κ3) is 4.44. The molecule has 3 aliphatic rings. The molecule has 1 N–H and O–H groups in total. The molecule has 3 fully saturated rings. The van der Waals surface area contributed by atoms with Crippen LogP contribution in [0.3, 0.4) is 0 Å². The summed E-state index contributed by atoms with van der Waals surface area (Å²) in [5.41, 5.74) is -0.00454. The van der Waals surface area contributed by atoms with Crippen LogP contribution in [0.5, 0.6) is 5.75 Å². The number of anilines is 1. The number of amides is 1. The highest BCUT2D eigenvalue weighted by Crippen LogP contribution is 2.64. The lowest BCUT2D eigenvalue weighted by atomic mass is 9.67.